The predicted octanol–water partition coefficient (Wildman–Crippen LogP) is 7.82. The maximum absolute atomic E-state index is 9.37. The van der Waals surface area contributed by atoms with E-state index >= 15 is 0 Å². The Bertz CT molecular complexity index is 834. The van der Waals surface area contributed by atoms with Gasteiger partial charge in [-0.05, 0) is 81.9 Å². The molecule has 7 heteroatoms. The number of allylic oxidation sites excluding steroid dienone is 6. The first-order valence-electron chi connectivity index (χ1n) is 13.4. The van der Waals surface area contributed by atoms with Crippen LogP contribution in [0, 0.1) is 0 Å². The third-order valence-electron chi connectivity index (χ3n) is 5.67. The van der Waals surface area contributed by atoms with Crippen LogP contribution in [0.4, 0.5) is 5.69 Å². The van der Waals surface area contributed by atoms with Crippen LogP contribution < -0.4 is 9.80 Å². The van der Waals surface area contributed by atoms with Crippen molar-refractivity contribution in [3.05, 3.63) is 57.6 Å². The molecule has 0 spiro atoms. The van der Waals surface area contributed by atoms with Crippen LogP contribution in [0.15, 0.2) is 52.1 Å². The molecule has 0 aromatic heterocycles. The molecule has 5 nitrogen and oxygen atoms in total. The van der Waals surface area contributed by atoms with Crippen LogP contribution in [0.5, 0.6) is 5.75 Å². The van der Waals surface area contributed by atoms with Crippen LogP contribution in [0.3, 0.4) is 0 Å². The maximum Gasteiger partial charge on any atom is 0.140 e. The minimum Gasteiger partial charge on any atom is -0.494 e. The summed E-state index contributed by atoms with van der Waals surface area (Å²) in [5.74, 6) is 0.844. The zero-order valence-corrected chi connectivity index (χ0v) is 24.4. The Labute approximate surface area is 229 Å². The molecule has 204 valence electrons. The molecule has 0 bridgehead atoms. The van der Waals surface area contributed by atoms with Gasteiger partial charge in [0, 0.05) is 12.5 Å². The Balaban J connectivity index is 0.000000450. The highest BCUT2D eigenvalue weighted by Gasteiger charge is 2.17. The van der Waals surface area contributed by atoms with E-state index in [1.807, 2.05) is 51.1 Å². The Morgan fingerprint density at radius 1 is 1.08 bits per heavy atom. The summed E-state index contributed by atoms with van der Waals surface area (Å²) in [6.07, 6.45) is 12.3. The molecule has 0 saturated heterocycles. The predicted molar refractivity (Wildman–Crippen MR) is 155 cm³/mol. The van der Waals surface area contributed by atoms with Gasteiger partial charge in [0.2, 0.25) is 0 Å². The second-order valence-corrected chi connectivity index (χ2v) is 9.26. The number of hydroxylamine groups is 1. The van der Waals surface area contributed by atoms with E-state index < -0.39 is 0 Å². The zero-order chi connectivity index (χ0) is 26.8. The van der Waals surface area contributed by atoms with Crippen molar-refractivity contribution in [1.29, 1.82) is 0 Å². The van der Waals surface area contributed by atoms with E-state index in [-0.39, 0.29) is 6.73 Å². The highest BCUT2D eigenvalue weighted by molar-refractivity contribution is 6.41. The van der Waals surface area contributed by atoms with E-state index in [2.05, 4.69) is 24.8 Å². The first kappa shape index (κ1) is 32.5. The summed E-state index contributed by atoms with van der Waals surface area (Å²) < 4.78 is 5.88. The number of aliphatic hydroxyl groups excluding tert-OH is 1. The molecule has 36 heavy (non-hydrogen) atoms. The molecule has 1 aliphatic carbocycles. The summed E-state index contributed by atoms with van der Waals surface area (Å²) in [7, 11) is 0. The van der Waals surface area contributed by atoms with Gasteiger partial charge in [-0.1, -0.05) is 69.1 Å². The Hall–Kier alpha value is -1.50. The SMILES string of the molecule is CC.CC1=CCC=CC(Cl)=C1Cl.CCCN(CCC)CCCCOc1ccc2c(c1)N(CO)OCC2. The van der Waals surface area contributed by atoms with E-state index in [1.54, 1.807) is 0 Å². The number of anilines is 1. The van der Waals surface area contributed by atoms with E-state index in [0.717, 1.165) is 55.8 Å². The van der Waals surface area contributed by atoms with Crippen LogP contribution in [-0.2, 0) is 11.3 Å². The Morgan fingerprint density at radius 3 is 2.47 bits per heavy atom. The minimum absolute atomic E-state index is 0.138. The highest BCUT2D eigenvalue weighted by atomic mass is 35.5. The van der Waals surface area contributed by atoms with Crippen LogP contribution >= 0.6 is 23.2 Å². The number of hydrogen-bond donors (Lipinski definition) is 1. The van der Waals surface area contributed by atoms with Gasteiger partial charge in [0.15, 0.2) is 0 Å². The second kappa shape index (κ2) is 19.6. The van der Waals surface area contributed by atoms with E-state index in [4.69, 9.17) is 32.8 Å². The minimum atomic E-state index is -0.138. The van der Waals surface area contributed by atoms with E-state index in [1.165, 1.54) is 36.6 Å². The van der Waals surface area contributed by atoms with Gasteiger partial charge < -0.3 is 14.7 Å². The van der Waals surface area contributed by atoms with Gasteiger partial charge in [-0.3, -0.25) is 4.84 Å². The average Bonchev–Trinajstić information content (AvgIpc) is 3.05. The molecule has 3 rings (SSSR count). The van der Waals surface area contributed by atoms with Crippen molar-refractivity contribution in [1.82, 2.24) is 4.90 Å². The number of nitrogens with zero attached hydrogens (tertiary/aromatic N) is 2. The van der Waals surface area contributed by atoms with Crippen LogP contribution in [0.1, 0.15) is 72.3 Å². The van der Waals surface area contributed by atoms with Gasteiger partial charge >= 0.3 is 0 Å². The highest BCUT2D eigenvalue weighted by Crippen LogP contribution is 2.30. The number of hydrogen-bond acceptors (Lipinski definition) is 5. The van der Waals surface area contributed by atoms with E-state index in [9.17, 15) is 5.11 Å². The summed E-state index contributed by atoms with van der Waals surface area (Å²) in [6.45, 7) is 15.2. The monoisotopic (exact) mass is 540 g/mol. The fraction of sp³-hybridized carbons (Fsp3) is 0.586. The van der Waals surface area contributed by atoms with Gasteiger partial charge in [-0.15, -0.1) is 0 Å². The molecule has 1 aromatic rings. The van der Waals surface area contributed by atoms with Crippen molar-refractivity contribution in [3.8, 4) is 5.75 Å². The van der Waals surface area contributed by atoms with Gasteiger partial charge in [0.05, 0.1) is 29.0 Å². The molecule has 1 aromatic carbocycles. The lowest BCUT2D eigenvalue weighted by Crippen LogP contribution is -2.30. The third kappa shape index (κ3) is 11.7. The lowest BCUT2D eigenvalue weighted by Gasteiger charge is -2.28. The normalized spacial score (nSPS) is 14.8. The van der Waals surface area contributed by atoms with Crippen molar-refractivity contribution in [3.63, 3.8) is 0 Å². The fourth-order valence-corrected chi connectivity index (χ4v) is 4.27. The maximum atomic E-state index is 9.37. The summed E-state index contributed by atoms with van der Waals surface area (Å²) in [5, 5.41) is 12.2. The van der Waals surface area contributed by atoms with Crippen molar-refractivity contribution >= 4 is 28.9 Å². The van der Waals surface area contributed by atoms with Gasteiger partial charge in [0.1, 0.15) is 12.5 Å². The number of ether oxygens (including phenoxy) is 1. The topological polar surface area (TPSA) is 45.2 Å². The largest absolute Gasteiger partial charge is 0.494 e. The quantitative estimate of drug-likeness (QED) is 0.290. The van der Waals surface area contributed by atoms with Crippen molar-refractivity contribution in [2.75, 3.05) is 44.6 Å². The molecule has 0 atom stereocenters. The smallest absolute Gasteiger partial charge is 0.140 e. The van der Waals surface area contributed by atoms with Crippen LogP contribution in [-0.4, -0.2) is 49.6 Å². The molecule has 0 saturated carbocycles. The lowest BCUT2D eigenvalue weighted by molar-refractivity contribution is 0.0541. The first-order valence-corrected chi connectivity index (χ1v) is 14.1. The Kier molecular flexibility index (Phi) is 17.7. The summed E-state index contributed by atoms with van der Waals surface area (Å²) in [5.41, 5.74) is 3.16. The second-order valence-electron chi connectivity index (χ2n) is 8.48. The Morgan fingerprint density at radius 2 is 1.81 bits per heavy atom. The molecular formula is C29H46Cl2N2O3. The molecule has 1 aliphatic heterocycles. The summed E-state index contributed by atoms with van der Waals surface area (Å²) in [4.78, 5) is 7.98. The number of aliphatic hydroxyl groups is 1. The zero-order valence-electron chi connectivity index (χ0n) is 22.9. The first-order chi connectivity index (χ1) is 17.5. The number of halogens is 2. The van der Waals surface area contributed by atoms with Crippen LogP contribution in [0.2, 0.25) is 0 Å². The van der Waals surface area contributed by atoms with Crippen molar-refractivity contribution < 1.29 is 14.7 Å². The molecule has 2 aliphatic rings. The van der Waals surface area contributed by atoms with Gasteiger partial charge in [-0.25, -0.2) is 5.06 Å². The lowest BCUT2D eigenvalue weighted by atomic mass is 10.1. The third-order valence-corrected chi connectivity index (χ3v) is 6.58. The number of unbranched alkanes of at least 4 members (excludes halogenated alkanes) is 1. The fourth-order valence-electron chi connectivity index (χ4n) is 3.89. The molecular weight excluding hydrogens is 495 g/mol. The molecule has 0 radical (unpaired) electrons. The summed E-state index contributed by atoms with van der Waals surface area (Å²) >= 11 is 11.6. The number of fused-ring (bicyclic) bond motifs is 1. The van der Waals surface area contributed by atoms with E-state index in [0.29, 0.717) is 16.7 Å². The van der Waals surface area contributed by atoms with Gasteiger partial charge in [0.25, 0.3) is 0 Å². The molecule has 1 heterocycles. The van der Waals surface area contributed by atoms with Crippen molar-refractivity contribution in [2.24, 2.45) is 0 Å². The van der Waals surface area contributed by atoms with Gasteiger partial charge in [-0.2, -0.15) is 0 Å². The standard InChI is InChI=1S/C19H32N2O3.C8H8Cl2.C2H6/c1-3-10-20(11-4-2)12-5-6-13-23-18-8-7-17-9-14-24-21(16-22)19(17)15-18;1-6-4-2-3-5-7(9)8(6)10;1-2/h7-8,15,22H,3-6,9-14,16H2,1-2H3;3-5H,2H2,1H3;1-2H3. The number of benzene rings is 1. The summed E-state index contributed by atoms with van der Waals surface area (Å²) in [6, 6.07) is 6.05. The number of rotatable bonds is 11. The molecule has 1 N–H and O–H groups in total. The van der Waals surface area contributed by atoms with Crippen molar-refractivity contribution in [2.45, 2.75) is 73.1 Å². The average molecular weight is 542 g/mol. The molecule has 0 unspecified atom stereocenters. The molecule has 0 amide bonds. The molecule has 0 fully saturated rings. The van der Waals surface area contributed by atoms with Crippen LogP contribution in [0.25, 0.3) is 0 Å².